The minimum absolute atomic E-state index is 0.0589. The molecule has 0 saturated carbocycles. The molecule has 0 heterocycles. The number of benzene rings is 1. The molecular formula is C13H16N2O. The van der Waals surface area contributed by atoms with E-state index in [1.807, 2.05) is 43.3 Å². The largest absolute Gasteiger partial charge is 0.378 e. The van der Waals surface area contributed by atoms with Crippen molar-refractivity contribution in [1.29, 1.82) is 0 Å². The monoisotopic (exact) mass is 216 g/mol. The summed E-state index contributed by atoms with van der Waals surface area (Å²) < 4.78 is 0. The molecule has 1 N–H and O–H groups in total. The van der Waals surface area contributed by atoms with Crippen molar-refractivity contribution >= 4 is 11.6 Å². The molecule has 0 spiro atoms. The average molecular weight is 216 g/mol. The van der Waals surface area contributed by atoms with Crippen LogP contribution < -0.4 is 10.2 Å². The summed E-state index contributed by atoms with van der Waals surface area (Å²) in [6.07, 6.45) is 0. The van der Waals surface area contributed by atoms with Crippen molar-refractivity contribution < 1.29 is 4.79 Å². The SMILES string of the molecule is CC(=O)NCC#Cc1cccc(N(C)C)c1. The maximum atomic E-state index is 10.6. The van der Waals surface area contributed by atoms with Gasteiger partial charge in [0.2, 0.25) is 5.91 Å². The van der Waals surface area contributed by atoms with Gasteiger partial charge in [0.1, 0.15) is 0 Å². The third-order valence-electron chi connectivity index (χ3n) is 2.02. The first-order chi connectivity index (χ1) is 7.59. The van der Waals surface area contributed by atoms with Crippen molar-refractivity contribution in [2.45, 2.75) is 6.92 Å². The molecule has 0 atom stereocenters. The Morgan fingerprint density at radius 1 is 1.44 bits per heavy atom. The molecule has 0 radical (unpaired) electrons. The van der Waals surface area contributed by atoms with Crippen molar-refractivity contribution in [3.63, 3.8) is 0 Å². The molecule has 1 aromatic rings. The van der Waals surface area contributed by atoms with Gasteiger partial charge in [-0.3, -0.25) is 4.79 Å². The van der Waals surface area contributed by atoms with Crippen LogP contribution in [0, 0.1) is 11.8 Å². The fourth-order valence-corrected chi connectivity index (χ4v) is 1.18. The van der Waals surface area contributed by atoms with Crippen molar-refractivity contribution in [2.24, 2.45) is 0 Å². The second kappa shape index (κ2) is 5.82. The Morgan fingerprint density at radius 2 is 2.19 bits per heavy atom. The molecule has 0 aliphatic rings. The van der Waals surface area contributed by atoms with Crippen molar-refractivity contribution in [3.8, 4) is 11.8 Å². The van der Waals surface area contributed by atoms with Gasteiger partial charge in [-0.05, 0) is 18.2 Å². The standard InChI is InChI=1S/C13H16N2O/c1-11(16)14-9-5-7-12-6-4-8-13(10-12)15(2)3/h4,6,8,10H,9H2,1-3H3,(H,14,16). The summed E-state index contributed by atoms with van der Waals surface area (Å²) in [5.74, 6) is 5.84. The molecule has 0 aromatic heterocycles. The van der Waals surface area contributed by atoms with Crippen LogP contribution in [-0.4, -0.2) is 26.5 Å². The van der Waals surface area contributed by atoms with Crippen molar-refractivity contribution in [3.05, 3.63) is 29.8 Å². The normalized spacial score (nSPS) is 8.94. The molecule has 1 aromatic carbocycles. The minimum Gasteiger partial charge on any atom is -0.378 e. The highest BCUT2D eigenvalue weighted by Crippen LogP contribution is 2.12. The van der Waals surface area contributed by atoms with Crippen molar-refractivity contribution in [2.75, 3.05) is 25.5 Å². The van der Waals surface area contributed by atoms with Gasteiger partial charge in [0, 0.05) is 32.3 Å². The van der Waals surface area contributed by atoms with Crippen LogP contribution in [0.3, 0.4) is 0 Å². The van der Waals surface area contributed by atoms with Gasteiger partial charge in [-0.2, -0.15) is 0 Å². The van der Waals surface area contributed by atoms with Crippen LogP contribution in [0.4, 0.5) is 5.69 Å². The Bertz CT molecular complexity index is 427. The van der Waals surface area contributed by atoms with Crippen LogP contribution in [0.15, 0.2) is 24.3 Å². The average Bonchev–Trinajstić information content (AvgIpc) is 2.24. The minimum atomic E-state index is -0.0589. The molecule has 0 unspecified atom stereocenters. The summed E-state index contributed by atoms with van der Waals surface area (Å²) >= 11 is 0. The summed E-state index contributed by atoms with van der Waals surface area (Å²) in [6.45, 7) is 1.87. The fourth-order valence-electron chi connectivity index (χ4n) is 1.18. The summed E-state index contributed by atoms with van der Waals surface area (Å²) in [6, 6.07) is 7.96. The van der Waals surface area contributed by atoms with Crippen LogP contribution in [0.1, 0.15) is 12.5 Å². The molecule has 0 bridgehead atoms. The molecular weight excluding hydrogens is 200 g/mol. The lowest BCUT2D eigenvalue weighted by Gasteiger charge is -2.11. The molecule has 0 aliphatic carbocycles. The van der Waals surface area contributed by atoms with E-state index in [0.29, 0.717) is 6.54 Å². The number of nitrogens with one attached hydrogen (secondary N) is 1. The highest BCUT2D eigenvalue weighted by molar-refractivity contribution is 5.73. The number of anilines is 1. The maximum Gasteiger partial charge on any atom is 0.217 e. The predicted molar refractivity (Wildman–Crippen MR) is 66.3 cm³/mol. The molecule has 3 nitrogen and oxygen atoms in total. The van der Waals surface area contributed by atoms with Crippen LogP contribution in [0.2, 0.25) is 0 Å². The highest BCUT2D eigenvalue weighted by Gasteiger charge is 1.94. The third kappa shape index (κ3) is 4.05. The van der Waals surface area contributed by atoms with Crippen LogP contribution in [0.5, 0.6) is 0 Å². The van der Waals surface area contributed by atoms with Gasteiger partial charge >= 0.3 is 0 Å². The molecule has 0 saturated heterocycles. The number of hydrogen-bond acceptors (Lipinski definition) is 2. The first-order valence-corrected chi connectivity index (χ1v) is 5.10. The van der Waals surface area contributed by atoms with Gasteiger partial charge in [-0.1, -0.05) is 17.9 Å². The Labute approximate surface area is 96.5 Å². The zero-order valence-corrected chi connectivity index (χ0v) is 9.87. The summed E-state index contributed by atoms with van der Waals surface area (Å²) in [5.41, 5.74) is 2.07. The van der Waals surface area contributed by atoms with Crippen LogP contribution in [-0.2, 0) is 4.79 Å². The van der Waals surface area contributed by atoms with E-state index in [0.717, 1.165) is 11.3 Å². The van der Waals surface area contributed by atoms with Gasteiger partial charge in [-0.25, -0.2) is 0 Å². The zero-order chi connectivity index (χ0) is 12.0. The molecule has 0 aliphatic heterocycles. The Kier molecular flexibility index (Phi) is 4.41. The molecule has 84 valence electrons. The van der Waals surface area contributed by atoms with Crippen LogP contribution >= 0.6 is 0 Å². The number of hydrogen-bond donors (Lipinski definition) is 1. The van der Waals surface area contributed by atoms with E-state index in [4.69, 9.17) is 0 Å². The quantitative estimate of drug-likeness (QED) is 0.754. The van der Waals surface area contributed by atoms with Crippen molar-refractivity contribution in [1.82, 2.24) is 5.32 Å². The highest BCUT2D eigenvalue weighted by atomic mass is 16.1. The summed E-state index contributed by atoms with van der Waals surface area (Å²) in [5, 5.41) is 2.63. The van der Waals surface area contributed by atoms with E-state index in [2.05, 4.69) is 17.2 Å². The fraction of sp³-hybridized carbons (Fsp3) is 0.308. The van der Waals surface area contributed by atoms with E-state index in [1.54, 1.807) is 0 Å². The van der Waals surface area contributed by atoms with Gasteiger partial charge < -0.3 is 10.2 Å². The second-order valence-corrected chi connectivity index (χ2v) is 3.66. The van der Waals surface area contributed by atoms with E-state index in [1.165, 1.54) is 6.92 Å². The lowest BCUT2D eigenvalue weighted by Crippen LogP contribution is -2.19. The molecule has 3 heteroatoms. The second-order valence-electron chi connectivity index (χ2n) is 3.66. The number of carbonyl (C=O) groups excluding carboxylic acids is 1. The van der Waals surface area contributed by atoms with E-state index >= 15 is 0 Å². The van der Waals surface area contributed by atoms with Gasteiger partial charge in [0.25, 0.3) is 0 Å². The number of amides is 1. The lowest BCUT2D eigenvalue weighted by atomic mass is 10.2. The summed E-state index contributed by atoms with van der Waals surface area (Å²) in [7, 11) is 3.98. The number of carbonyl (C=O) groups is 1. The smallest absolute Gasteiger partial charge is 0.217 e. The molecule has 1 amide bonds. The topological polar surface area (TPSA) is 32.3 Å². The number of rotatable bonds is 2. The third-order valence-corrected chi connectivity index (χ3v) is 2.02. The maximum absolute atomic E-state index is 10.6. The molecule has 16 heavy (non-hydrogen) atoms. The summed E-state index contributed by atoms with van der Waals surface area (Å²) in [4.78, 5) is 12.6. The molecule has 0 fully saturated rings. The predicted octanol–water partition coefficient (Wildman–Crippen LogP) is 1.24. The Hall–Kier alpha value is -1.95. The Morgan fingerprint density at radius 3 is 2.81 bits per heavy atom. The Balaban J connectivity index is 2.66. The molecule has 1 rings (SSSR count). The zero-order valence-electron chi connectivity index (χ0n) is 9.87. The van der Waals surface area contributed by atoms with Gasteiger partial charge in [0.05, 0.1) is 6.54 Å². The van der Waals surface area contributed by atoms with E-state index < -0.39 is 0 Å². The van der Waals surface area contributed by atoms with E-state index in [-0.39, 0.29) is 5.91 Å². The van der Waals surface area contributed by atoms with Gasteiger partial charge in [0.15, 0.2) is 0 Å². The lowest BCUT2D eigenvalue weighted by molar-refractivity contribution is -0.118. The first-order valence-electron chi connectivity index (χ1n) is 5.10. The van der Waals surface area contributed by atoms with Crippen LogP contribution in [0.25, 0.3) is 0 Å². The van der Waals surface area contributed by atoms with Gasteiger partial charge in [-0.15, -0.1) is 0 Å². The first kappa shape index (κ1) is 12.1. The number of nitrogens with zero attached hydrogens (tertiary/aromatic N) is 1. The van der Waals surface area contributed by atoms with E-state index in [9.17, 15) is 4.79 Å².